The summed E-state index contributed by atoms with van der Waals surface area (Å²) in [6.45, 7) is 5.37. The third-order valence-electron chi connectivity index (χ3n) is 4.71. The molecule has 2 fully saturated rings. The van der Waals surface area contributed by atoms with E-state index in [1.54, 1.807) is 4.90 Å². The number of rotatable bonds is 5. The lowest BCUT2D eigenvalue weighted by Gasteiger charge is -2.21. The lowest BCUT2D eigenvalue weighted by atomic mass is 9.97. The van der Waals surface area contributed by atoms with Crippen LogP contribution >= 0.6 is 0 Å². The van der Waals surface area contributed by atoms with E-state index in [1.165, 1.54) is 0 Å². The van der Waals surface area contributed by atoms with Crippen LogP contribution in [0, 0.1) is 23.7 Å². The molecule has 1 saturated carbocycles. The van der Waals surface area contributed by atoms with Crippen LogP contribution < -0.4 is 5.32 Å². The number of hydrogen-bond donors (Lipinski definition) is 3. The van der Waals surface area contributed by atoms with Crippen LogP contribution in [0.25, 0.3) is 0 Å². The van der Waals surface area contributed by atoms with Gasteiger partial charge in [-0.3, -0.25) is 4.79 Å². The van der Waals surface area contributed by atoms with Gasteiger partial charge in [-0.15, -0.1) is 0 Å². The second kappa shape index (κ2) is 6.64. The van der Waals surface area contributed by atoms with Gasteiger partial charge in [-0.2, -0.15) is 0 Å². The van der Waals surface area contributed by atoms with Crippen molar-refractivity contribution in [1.29, 1.82) is 0 Å². The zero-order valence-corrected chi connectivity index (χ0v) is 12.8. The summed E-state index contributed by atoms with van der Waals surface area (Å²) >= 11 is 0. The predicted molar refractivity (Wildman–Crippen MR) is 77.8 cm³/mol. The standard InChI is InChI=1S/C15H26N2O4/c1-9(2)5-11(14(19)20)6-16-15(21)17-7-10-3-4-13(18)12(10)8-17/h9-13,18H,3-8H2,1-2H3,(H,16,21)(H,19,20). The number of likely N-dealkylation sites (tertiary alicyclic amines) is 1. The third-order valence-corrected chi connectivity index (χ3v) is 4.71. The van der Waals surface area contributed by atoms with Crippen molar-refractivity contribution in [2.24, 2.45) is 23.7 Å². The Bertz CT molecular complexity index is 399. The van der Waals surface area contributed by atoms with E-state index in [0.717, 1.165) is 12.8 Å². The van der Waals surface area contributed by atoms with Gasteiger partial charge in [0.05, 0.1) is 12.0 Å². The fraction of sp³-hybridized carbons (Fsp3) is 0.867. The number of nitrogens with one attached hydrogen (secondary N) is 1. The highest BCUT2D eigenvalue weighted by atomic mass is 16.4. The third kappa shape index (κ3) is 3.87. The molecule has 0 radical (unpaired) electrons. The van der Waals surface area contributed by atoms with Gasteiger partial charge in [0.15, 0.2) is 0 Å². The van der Waals surface area contributed by atoms with Crippen LogP contribution in [0.3, 0.4) is 0 Å². The maximum atomic E-state index is 12.1. The number of carbonyl (C=O) groups excluding carboxylic acids is 1. The first kappa shape index (κ1) is 16.1. The predicted octanol–water partition coefficient (Wildman–Crippen LogP) is 1.15. The minimum absolute atomic E-state index is 0.167. The van der Waals surface area contributed by atoms with Gasteiger partial charge in [0.2, 0.25) is 0 Å². The number of urea groups is 1. The minimum atomic E-state index is -0.863. The van der Waals surface area contributed by atoms with Crippen LogP contribution in [-0.4, -0.2) is 52.9 Å². The van der Waals surface area contributed by atoms with Crippen LogP contribution in [0.4, 0.5) is 4.79 Å². The molecule has 0 bridgehead atoms. The Morgan fingerprint density at radius 3 is 2.57 bits per heavy atom. The van der Waals surface area contributed by atoms with E-state index in [-0.39, 0.29) is 30.5 Å². The van der Waals surface area contributed by atoms with Crippen molar-refractivity contribution in [1.82, 2.24) is 10.2 Å². The average Bonchev–Trinajstić information content (AvgIpc) is 2.96. The summed E-state index contributed by atoms with van der Waals surface area (Å²) in [5, 5.41) is 21.8. The lowest BCUT2D eigenvalue weighted by molar-refractivity contribution is -0.142. The number of carboxylic acid groups (broad SMARTS) is 1. The fourth-order valence-corrected chi connectivity index (χ4v) is 3.57. The van der Waals surface area contributed by atoms with E-state index in [4.69, 9.17) is 5.11 Å². The van der Waals surface area contributed by atoms with Crippen molar-refractivity contribution in [3.63, 3.8) is 0 Å². The second-order valence-corrected chi connectivity index (χ2v) is 6.82. The topological polar surface area (TPSA) is 89.9 Å². The van der Waals surface area contributed by atoms with Crippen LogP contribution in [0.2, 0.25) is 0 Å². The molecular weight excluding hydrogens is 272 g/mol. The SMILES string of the molecule is CC(C)CC(CNC(=O)N1CC2CCC(O)C2C1)C(=O)O. The summed E-state index contributed by atoms with van der Waals surface area (Å²) in [4.78, 5) is 25.0. The van der Waals surface area contributed by atoms with Gasteiger partial charge >= 0.3 is 12.0 Å². The van der Waals surface area contributed by atoms with Crippen LogP contribution in [0.15, 0.2) is 0 Å². The molecule has 1 aliphatic heterocycles. The zero-order valence-electron chi connectivity index (χ0n) is 12.8. The molecule has 2 aliphatic rings. The fourth-order valence-electron chi connectivity index (χ4n) is 3.57. The van der Waals surface area contributed by atoms with Gasteiger partial charge in [-0.25, -0.2) is 4.79 Å². The van der Waals surface area contributed by atoms with Crippen molar-refractivity contribution in [2.45, 2.75) is 39.2 Å². The van der Waals surface area contributed by atoms with Crippen LogP contribution in [0.5, 0.6) is 0 Å². The van der Waals surface area contributed by atoms with E-state index >= 15 is 0 Å². The molecule has 3 N–H and O–H groups in total. The van der Waals surface area contributed by atoms with Crippen molar-refractivity contribution >= 4 is 12.0 Å². The number of aliphatic hydroxyl groups is 1. The molecule has 21 heavy (non-hydrogen) atoms. The summed E-state index contributed by atoms with van der Waals surface area (Å²) in [7, 11) is 0. The Balaban J connectivity index is 1.81. The number of aliphatic carboxylic acids is 1. The molecule has 6 heteroatoms. The molecule has 4 unspecified atom stereocenters. The van der Waals surface area contributed by atoms with Crippen LogP contribution in [-0.2, 0) is 4.79 Å². The van der Waals surface area contributed by atoms with E-state index in [1.807, 2.05) is 13.8 Å². The Morgan fingerprint density at radius 2 is 2.00 bits per heavy atom. The Labute approximate surface area is 125 Å². The van der Waals surface area contributed by atoms with E-state index in [0.29, 0.717) is 25.4 Å². The van der Waals surface area contributed by atoms with Crippen LogP contribution in [0.1, 0.15) is 33.1 Å². The van der Waals surface area contributed by atoms with Crippen molar-refractivity contribution in [3.8, 4) is 0 Å². The maximum Gasteiger partial charge on any atom is 0.317 e. The molecule has 2 rings (SSSR count). The second-order valence-electron chi connectivity index (χ2n) is 6.82. The summed E-state index contributed by atoms with van der Waals surface area (Å²) in [6.07, 6.45) is 2.07. The first-order chi connectivity index (χ1) is 9.88. The summed E-state index contributed by atoms with van der Waals surface area (Å²) in [5.41, 5.74) is 0. The number of hydrogen-bond acceptors (Lipinski definition) is 3. The zero-order chi connectivity index (χ0) is 15.6. The quantitative estimate of drug-likeness (QED) is 0.710. The summed E-state index contributed by atoms with van der Waals surface area (Å²) < 4.78 is 0. The van der Waals surface area contributed by atoms with Gasteiger partial charge < -0.3 is 20.4 Å². The average molecular weight is 298 g/mol. The van der Waals surface area contributed by atoms with Gasteiger partial charge in [0, 0.05) is 25.6 Å². The molecule has 2 amide bonds. The minimum Gasteiger partial charge on any atom is -0.481 e. The first-order valence-electron chi connectivity index (χ1n) is 7.82. The number of carbonyl (C=O) groups is 2. The number of aliphatic hydroxyl groups excluding tert-OH is 1. The van der Waals surface area contributed by atoms with Crippen molar-refractivity contribution < 1.29 is 19.8 Å². The van der Waals surface area contributed by atoms with Crippen molar-refractivity contribution in [3.05, 3.63) is 0 Å². The Kier molecular flexibility index (Phi) is 5.08. The number of amides is 2. The Hall–Kier alpha value is -1.30. The molecule has 0 spiro atoms. The Morgan fingerprint density at radius 1 is 1.29 bits per heavy atom. The van der Waals surface area contributed by atoms with E-state index in [2.05, 4.69) is 5.32 Å². The summed E-state index contributed by atoms with van der Waals surface area (Å²) in [5.74, 6) is -0.526. The highest BCUT2D eigenvalue weighted by Gasteiger charge is 2.43. The maximum absolute atomic E-state index is 12.1. The molecule has 1 saturated heterocycles. The normalized spacial score (nSPS) is 29.5. The first-order valence-corrected chi connectivity index (χ1v) is 7.82. The molecule has 0 aromatic carbocycles. The highest BCUT2D eigenvalue weighted by Crippen LogP contribution is 2.37. The number of fused-ring (bicyclic) bond motifs is 1. The van der Waals surface area contributed by atoms with E-state index in [9.17, 15) is 14.7 Å². The van der Waals surface area contributed by atoms with E-state index < -0.39 is 11.9 Å². The van der Waals surface area contributed by atoms with Gasteiger partial charge in [0.25, 0.3) is 0 Å². The number of nitrogens with zero attached hydrogens (tertiary/aromatic N) is 1. The molecule has 4 atom stereocenters. The highest BCUT2D eigenvalue weighted by molar-refractivity contribution is 5.76. The molecular formula is C15H26N2O4. The molecule has 0 aromatic heterocycles. The monoisotopic (exact) mass is 298 g/mol. The van der Waals surface area contributed by atoms with Gasteiger partial charge in [0.1, 0.15) is 0 Å². The lowest BCUT2D eigenvalue weighted by Crippen LogP contribution is -2.42. The van der Waals surface area contributed by atoms with Gasteiger partial charge in [-0.05, 0) is 31.1 Å². The van der Waals surface area contributed by atoms with Gasteiger partial charge in [-0.1, -0.05) is 13.8 Å². The number of carboxylic acids is 1. The largest absolute Gasteiger partial charge is 0.481 e. The molecule has 6 nitrogen and oxygen atoms in total. The molecule has 1 aliphatic carbocycles. The molecule has 0 aromatic rings. The summed E-state index contributed by atoms with van der Waals surface area (Å²) in [6, 6.07) is -0.202. The van der Waals surface area contributed by atoms with Crippen molar-refractivity contribution in [2.75, 3.05) is 19.6 Å². The molecule has 1 heterocycles. The molecule has 120 valence electrons. The smallest absolute Gasteiger partial charge is 0.317 e.